The first-order valence-corrected chi connectivity index (χ1v) is 10.3. The van der Waals surface area contributed by atoms with Crippen LogP contribution in [0.15, 0.2) is 41.3 Å². The van der Waals surface area contributed by atoms with E-state index < -0.39 is 15.9 Å². The Morgan fingerprint density at radius 1 is 0.966 bits per heavy atom. The summed E-state index contributed by atoms with van der Waals surface area (Å²) in [7, 11) is 2.11. The van der Waals surface area contributed by atoms with Crippen LogP contribution in [0.4, 0.5) is 0 Å². The van der Waals surface area contributed by atoms with Crippen molar-refractivity contribution in [2.45, 2.75) is 18.4 Å². The zero-order valence-electron chi connectivity index (χ0n) is 17.2. The minimum absolute atomic E-state index is 0.139. The van der Waals surface area contributed by atoms with E-state index in [2.05, 4.69) is 5.32 Å². The van der Waals surface area contributed by atoms with Crippen molar-refractivity contribution < 1.29 is 27.4 Å². The lowest BCUT2D eigenvalue weighted by molar-refractivity contribution is -0.121. The number of hydrogen-bond acceptors (Lipinski definition) is 6. The number of methoxy groups -OCH3 is 3. The van der Waals surface area contributed by atoms with Crippen molar-refractivity contribution in [3.8, 4) is 17.2 Å². The number of aryl methyl sites for hydroxylation is 1. The highest BCUT2D eigenvalue weighted by atomic mass is 32.2. The van der Waals surface area contributed by atoms with Gasteiger partial charge in [0.15, 0.2) is 11.5 Å². The Labute approximate surface area is 171 Å². The average molecular weight is 423 g/mol. The molecule has 2 rings (SSSR count). The van der Waals surface area contributed by atoms with Crippen molar-refractivity contribution in [1.82, 2.24) is 9.62 Å². The molecule has 0 atom stereocenters. The Hall–Kier alpha value is -2.78. The van der Waals surface area contributed by atoms with Crippen LogP contribution in [0.1, 0.15) is 11.1 Å². The standard InChI is InChI=1S/C20H26N2O6S/c1-14-6-9-16(10-7-14)29(24,25)22(2)13-18(23)21-12-15-8-11-17(26-3)20(28-5)19(15)27-4/h6-11H,12-13H2,1-5H3,(H,21,23). The lowest BCUT2D eigenvalue weighted by Crippen LogP contribution is -2.38. The zero-order valence-corrected chi connectivity index (χ0v) is 18.0. The number of rotatable bonds is 9. The van der Waals surface area contributed by atoms with Crippen LogP contribution in [0.3, 0.4) is 0 Å². The number of hydrogen-bond donors (Lipinski definition) is 1. The fraction of sp³-hybridized carbons (Fsp3) is 0.350. The number of carbonyl (C=O) groups is 1. The maximum atomic E-state index is 12.6. The topological polar surface area (TPSA) is 94.2 Å². The quantitative estimate of drug-likeness (QED) is 0.664. The zero-order chi connectivity index (χ0) is 21.6. The first kappa shape index (κ1) is 22.5. The molecule has 0 heterocycles. The molecule has 9 heteroatoms. The number of nitrogens with zero attached hydrogens (tertiary/aromatic N) is 1. The summed E-state index contributed by atoms with van der Waals surface area (Å²) in [5, 5.41) is 2.70. The van der Waals surface area contributed by atoms with Gasteiger partial charge in [-0.05, 0) is 31.2 Å². The van der Waals surface area contributed by atoms with Gasteiger partial charge in [-0.1, -0.05) is 17.7 Å². The summed E-state index contributed by atoms with van der Waals surface area (Å²) in [6.45, 7) is 1.70. The van der Waals surface area contributed by atoms with E-state index in [0.29, 0.717) is 22.8 Å². The fourth-order valence-corrected chi connectivity index (χ4v) is 3.86. The number of likely N-dealkylation sites (N-methyl/N-ethyl adjacent to an activating group) is 1. The molecule has 29 heavy (non-hydrogen) atoms. The molecule has 2 aromatic carbocycles. The molecule has 8 nitrogen and oxygen atoms in total. The van der Waals surface area contributed by atoms with Crippen molar-refractivity contribution in [2.75, 3.05) is 34.9 Å². The third-order valence-electron chi connectivity index (χ3n) is 4.36. The van der Waals surface area contributed by atoms with Gasteiger partial charge in [-0.2, -0.15) is 4.31 Å². The Morgan fingerprint density at radius 2 is 1.59 bits per heavy atom. The van der Waals surface area contributed by atoms with Gasteiger partial charge in [0.25, 0.3) is 0 Å². The second-order valence-electron chi connectivity index (χ2n) is 6.34. The van der Waals surface area contributed by atoms with Crippen LogP contribution in [0.25, 0.3) is 0 Å². The summed E-state index contributed by atoms with van der Waals surface area (Å²) in [6, 6.07) is 9.92. The fourth-order valence-electron chi connectivity index (χ4n) is 2.73. The Morgan fingerprint density at radius 3 is 2.14 bits per heavy atom. The minimum atomic E-state index is -3.75. The molecule has 0 radical (unpaired) electrons. The molecule has 0 saturated carbocycles. The maximum Gasteiger partial charge on any atom is 0.243 e. The molecular weight excluding hydrogens is 396 g/mol. The molecule has 0 aromatic heterocycles. The first-order valence-electron chi connectivity index (χ1n) is 8.82. The molecule has 0 aliphatic rings. The van der Waals surface area contributed by atoms with Gasteiger partial charge < -0.3 is 19.5 Å². The molecule has 158 valence electrons. The summed E-state index contributed by atoms with van der Waals surface area (Å²) in [5.74, 6) is 0.914. The van der Waals surface area contributed by atoms with E-state index in [4.69, 9.17) is 14.2 Å². The van der Waals surface area contributed by atoms with Gasteiger partial charge in [0.2, 0.25) is 21.7 Å². The molecule has 2 aromatic rings. The summed E-state index contributed by atoms with van der Waals surface area (Å²) in [5.41, 5.74) is 1.62. The number of ether oxygens (including phenoxy) is 3. The highest BCUT2D eigenvalue weighted by Gasteiger charge is 2.23. The molecular formula is C20H26N2O6S. The van der Waals surface area contributed by atoms with Gasteiger partial charge in [-0.25, -0.2) is 8.42 Å². The van der Waals surface area contributed by atoms with Crippen molar-refractivity contribution in [3.05, 3.63) is 47.5 Å². The van der Waals surface area contributed by atoms with E-state index in [1.54, 1.807) is 24.3 Å². The second-order valence-corrected chi connectivity index (χ2v) is 8.39. The SMILES string of the molecule is COc1ccc(CNC(=O)CN(C)S(=O)(=O)c2ccc(C)cc2)c(OC)c1OC. The van der Waals surface area contributed by atoms with Crippen molar-refractivity contribution in [3.63, 3.8) is 0 Å². The molecule has 0 aliphatic carbocycles. The van der Waals surface area contributed by atoms with Crippen LogP contribution in [-0.4, -0.2) is 53.6 Å². The third-order valence-corrected chi connectivity index (χ3v) is 6.17. The average Bonchev–Trinajstić information content (AvgIpc) is 2.71. The number of carbonyl (C=O) groups excluding carboxylic acids is 1. The van der Waals surface area contributed by atoms with E-state index in [0.717, 1.165) is 9.87 Å². The Bertz CT molecular complexity index is 958. The molecule has 0 spiro atoms. The Kier molecular flexibility index (Phi) is 7.46. The minimum Gasteiger partial charge on any atom is -0.493 e. The first-order chi connectivity index (χ1) is 13.7. The number of nitrogens with one attached hydrogen (secondary N) is 1. The predicted molar refractivity (Wildman–Crippen MR) is 109 cm³/mol. The number of sulfonamides is 1. The monoisotopic (exact) mass is 422 g/mol. The van der Waals surface area contributed by atoms with Gasteiger partial charge in [-0.3, -0.25) is 4.79 Å². The van der Waals surface area contributed by atoms with E-state index >= 15 is 0 Å². The van der Waals surface area contributed by atoms with Crippen molar-refractivity contribution in [1.29, 1.82) is 0 Å². The van der Waals surface area contributed by atoms with Crippen molar-refractivity contribution in [2.24, 2.45) is 0 Å². The highest BCUT2D eigenvalue weighted by molar-refractivity contribution is 7.89. The molecule has 0 bridgehead atoms. The third kappa shape index (κ3) is 5.18. The van der Waals surface area contributed by atoms with Crippen LogP contribution < -0.4 is 19.5 Å². The number of amides is 1. The highest BCUT2D eigenvalue weighted by Crippen LogP contribution is 2.39. The molecule has 1 N–H and O–H groups in total. The second kappa shape index (κ2) is 9.62. The molecule has 0 fully saturated rings. The largest absolute Gasteiger partial charge is 0.493 e. The summed E-state index contributed by atoms with van der Waals surface area (Å²) < 4.78 is 42.2. The normalized spacial score (nSPS) is 11.2. The lowest BCUT2D eigenvalue weighted by atomic mass is 10.1. The summed E-state index contributed by atoms with van der Waals surface area (Å²) >= 11 is 0. The van der Waals surface area contributed by atoms with E-state index in [1.807, 2.05) is 6.92 Å². The van der Waals surface area contributed by atoms with Crippen molar-refractivity contribution >= 4 is 15.9 Å². The van der Waals surface area contributed by atoms with Crippen LogP contribution >= 0.6 is 0 Å². The molecule has 0 saturated heterocycles. The van der Waals surface area contributed by atoms with Gasteiger partial charge in [0.1, 0.15) is 0 Å². The molecule has 1 amide bonds. The van der Waals surface area contributed by atoms with Crippen LogP contribution in [0, 0.1) is 6.92 Å². The van der Waals surface area contributed by atoms with Gasteiger partial charge in [0, 0.05) is 19.2 Å². The maximum absolute atomic E-state index is 12.6. The summed E-state index contributed by atoms with van der Waals surface area (Å²) in [4.78, 5) is 12.5. The molecule has 0 aliphatic heterocycles. The van der Waals surface area contributed by atoms with E-state index in [1.165, 1.54) is 40.5 Å². The van der Waals surface area contributed by atoms with Gasteiger partial charge in [0.05, 0.1) is 32.8 Å². The van der Waals surface area contributed by atoms with Gasteiger partial charge in [-0.15, -0.1) is 0 Å². The Balaban J connectivity index is 2.07. The molecule has 0 unspecified atom stereocenters. The van der Waals surface area contributed by atoms with Crippen LogP contribution in [0.5, 0.6) is 17.2 Å². The lowest BCUT2D eigenvalue weighted by Gasteiger charge is -2.18. The van der Waals surface area contributed by atoms with E-state index in [-0.39, 0.29) is 18.0 Å². The van der Waals surface area contributed by atoms with Gasteiger partial charge >= 0.3 is 0 Å². The predicted octanol–water partition coefficient (Wildman–Crippen LogP) is 1.96. The number of benzene rings is 2. The summed E-state index contributed by atoms with van der Waals surface area (Å²) in [6.07, 6.45) is 0. The van der Waals surface area contributed by atoms with Crippen LogP contribution in [-0.2, 0) is 21.4 Å². The van der Waals surface area contributed by atoms with Crippen LogP contribution in [0.2, 0.25) is 0 Å². The van der Waals surface area contributed by atoms with E-state index in [9.17, 15) is 13.2 Å². The smallest absolute Gasteiger partial charge is 0.243 e.